The van der Waals surface area contributed by atoms with Gasteiger partial charge in [0.25, 0.3) is 11.8 Å². The largest absolute Gasteiger partial charge is 0.347 e. The number of likely N-dealkylation sites (tertiary alicyclic amines) is 1. The molecule has 6 heteroatoms. The van der Waals surface area contributed by atoms with Gasteiger partial charge < -0.3 is 10.2 Å². The standard InChI is InChI=1S/C18H19N3O2S/c1-18(7-8-18)6-4-15(22)21-9-2-3-14(12-21)20-17(23)16-13(11-19)5-10-24-16/h5,10,14H,2-3,7-9,12H2,1H3,(H,20,23). The Labute approximate surface area is 145 Å². The number of nitrogens with zero attached hydrogens (tertiary/aromatic N) is 2. The molecule has 3 rings (SSSR count). The Hall–Kier alpha value is -2.31. The van der Waals surface area contributed by atoms with Crippen molar-refractivity contribution < 1.29 is 9.59 Å². The monoisotopic (exact) mass is 341 g/mol. The predicted molar refractivity (Wildman–Crippen MR) is 91.2 cm³/mol. The molecule has 0 radical (unpaired) electrons. The molecule has 1 aliphatic carbocycles. The molecule has 2 fully saturated rings. The molecule has 1 atom stereocenters. The maximum atomic E-state index is 12.3. The molecule has 1 unspecified atom stereocenters. The third kappa shape index (κ3) is 3.77. The van der Waals surface area contributed by atoms with Gasteiger partial charge >= 0.3 is 0 Å². The van der Waals surface area contributed by atoms with Gasteiger partial charge in [0, 0.05) is 24.5 Å². The number of nitriles is 1. The van der Waals surface area contributed by atoms with Crippen LogP contribution in [0.5, 0.6) is 0 Å². The lowest BCUT2D eigenvalue weighted by Gasteiger charge is -2.31. The maximum absolute atomic E-state index is 12.3. The molecular weight excluding hydrogens is 322 g/mol. The molecule has 1 aliphatic heterocycles. The highest BCUT2D eigenvalue weighted by Crippen LogP contribution is 2.43. The smallest absolute Gasteiger partial charge is 0.298 e. The average Bonchev–Trinajstić information content (AvgIpc) is 3.13. The third-order valence-electron chi connectivity index (χ3n) is 4.51. The van der Waals surface area contributed by atoms with Gasteiger partial charge in [0.05, 0.1) is 5.56 Å². The lowest BCUT2D eigenvalue weighted by Crippen LogP contribution is -2.49. The Balaban J connectivity index is 1.59. The van der Waals surface area contributed by atoms with Gasteiger partial charge in [-0.15, -0.1) is 11.3 Å². The van der Waals surface area contributed by atoms with Crippen molar-refractivity contribution >= 4 is 23.2 Å². The van der Waals surface area contributed by atoms with E-state index in [2.05, 4.69) is 24.1 Å². The van der Waals surface area contributed by atoms with E-state index in [0.717, 1.165) is 25.7 Å². The Morgan fingerprint density at radius 1 is 1.46 bits per heavy atom. The molecule has 2 heterocycles. The van der Waals surface area contributed by atoms with Crippen LogP contribution in [-0.4, -0.2) is 35.8 Å². The van der Waals surface area contributed by atoms with Crippen LogP contribution < -0.4 is 5.32 Å². The minimum atomic E-state index is -0.238. The zero-order chi connectivity index (χ0) is 17.2. The fraction of sp³-hybridized carbons (Fsp3) is 0.500. The van der Waals surface area contributed by atoms with Gasteiger partial charge in [-0.05, 0) is 50.0 Å². The van der Waals surface area contributed by atoms with Crippen molar-refractivity contribution in [2.75, 3.05) is 13.1 Å². The topological polar surface area (TPSA) is 73.2 Å². The second-order valence-corrected chi connectivity index (χ2v) is 7.57. The van der Waals surface area contributed by atoms with E-state index in [1.54, 1.807) is 16.3 Å². The molecule has 2 amide bonds. The number of carbonyl (C=O) groups is 2. The molecule has 1 saturated carbocycles. The Bertz CT molecular complexity index is 761. The molecule has 5 nitrogen and oxygen atoms in total. The minimum absolute atomic E-state index is 0.0337. The summed E-state index contributed by atoms with van der Waals surface area (Å²) in [5, 5.41) is 13.7. The van der Waals surface area contributed by atoms with Crippen molar-refractivity contribution in [3.05, 3.63) is 21.9 Å². The number of hydrogen-bond donors (Lipinski definition) is 1. The summed E-state index contributed by atoms with van der Waals surface area (Å²) in [6, 6.07) is 3.57. The van der Waals surface area contributed by atoms with Crippen molar-refractivity contribution in [2.45, 2.75) is 38.6 Å². The highest BCUT2D eigenvalue weighted by atomic mass is 32.1. The molecule has 1 saturated heterocycles. The van der Waals surface area contributed by atoms with Crippen LogP contribution in [0.25, 0.3) is 0 Å². The average molecular weight is 341 g/mol. The SMILES string of the molecule is CC1(C#CC(=O)N2CCCC(NC(=O)c3sccc3C#N)C2)CC1. The van der Waals surface area contributed by atoms with Crippen LogP contribution in [0.15, 0.2) is 11.4 Å². The Morgan fingerprint density at radius 2 is 2.25 bits per heavy atom. The van der Waals surface area contributed by atoms with Crippen LogP contribution in [-0.2, 0) is 4.79 Å². The van der Waals surface area contributed by atoms with Gasteiger partial charge in [-0.3, -0.25) is 9.59 Å². The van der Waals surface area contributed by atoms with E-state index < -0.39 is 0 Å². The second-order valence-electron chi connectivity index (χ2n) is 6.65. The summed E-state index contributed by atoms with van der Waals surface area (Å²) in [6.07, 6.45) is 3.79. The van der Waals surface area contributed by atoms with E-state index in [-0.39, 0.29) is 23.3 Å². The predicted octanol–water partition coefficient (Wildman–Crippen LogP) is 2.14. The van der Waals surface area contributed by atoms with E-state index >= 15 is 0 Å². The molecule has 24 heavy (non-hydrogen) atoms. The number of amides is 2. The van der Waals surface area contributed by atoms with Crippen LogP contribution in [0.1, 0.15) is 47.8 Å². The van der Waals surface area contributed by atoms with Crippen molar-refractivity contribution in [3.8, 4) is 17.9 Å². The fourth-order valence-electron chi connectivity index (χ4n) is 2.70. The maximum Gasteiger partial charge on any atom is 0.298 e. The van der Waals surface area contributed by atoms with E-state index in [1.165, 1.54) is 11.3 Å². The summed E-state index contributed by atoms with van der Waals surface area (Å²) in [5.41, 5.74) is 0.427. The summed E-state index contributed by atoms with van der Waals surface area (Å²) in [7, 11) is 0. The van der Waals surface area contributed by atoms with Gasteiger partial charge in [0.1, 0.15) is 10.9 Å². The summed E-state index contributed by atoms with van der Waals surface area (Å²) >= 11 is 1.26. The van der Waals surface area contributed by atoms with Crippen molar-refractivity contribution in [1.82, 2.24) is 10.2 Å². The number of nitrogens with one attached hydrogen (secondary N) is 1. The number of rotatable bonds is 2. The van der Waals surface area contributed by atoms with Crippen molar-refractivity contribution in [1.29, 1.82) is 5.26 Å². The Morgan fingerprint density at radius 3 is 2.96 bits per heavy atom. The summed E-state index contributed by atoms with van der Waals surface area (Å²) < 4.78 is 0. The van der Waals surface area contributed by atoms with E-state index in [0.29, 0.717) is 23.5 Å². The normalized spacial score (nSPS) is 21.2. The number of hydrogen-bond acceptors (Lipinski definition) is 4. The molecule has 1 N–H and O–H groups in total. The molecule has 0 aromatic carbocycles. The third-order valence-corrected chi connectivity index (χ3v) is 5.42. The zero-order valence-corrected chi connectivity index (χ0v) is 14.4. The lowest BCUT2D eigenvalue weighted by atomic mass is 10.1. The molecule has 0 bridgehead atoms. The van der Waals surface area contributed by atoms with Gasteiger partial charge in [0.2, 0.25) is 0 Å². The number of piperidine rings is 1. The van der Waals surface area contributed by atoms with Crippen LogP contribution in [0.4, 0.5) is 0 Å². The highest BCUT2D eigenvalue weighted by molar-refractivity contribution is 7.12. The Kier molecular flexibility index (Phi) is 4.59. The summed E-state index contributed by atoms with van der Waals surface area (Å²) in [4.78, 5) is 26.7. The van der Waals surface area contributed by atoms with Gasteiger partial charge in [0.15, 0.2) is 0 Å². The molecule has 1 aromatic rings. The zero-order valence-electron chi connectivity index (χ0n) is 13.6. The van der Waals surface area contributed by atoms with E-state index in [4.69, 9.17) is 5.26 Å². The molecular formula is C18H19N3O2S. The van der Waals surface area contributed by atoms with Crippen molar-refractivity contribution in [2.24, 2.45) is 5.41 Å². The summed E-state index contributed by atoms with van der Waals surface area (Å²) in [6.45, 7) is 3.22. The molecule has 2 aliphatic rings. The van der Waals surface area contributed by atoms with E-state index in [1.807, 2.05) is 6.07 Å². The van der Waals surface area contributed by atoms with Crippen LogP contribution >= 0.6 is 11.3 Å². The first-order chi connectivity index (χ1) is 11.5. The molecule has 1 aromatic heterocycles. The summed E-state index contributed by atoms with van der Waals surface area (Å²) in [5.74, 6) is 5.42. The van der Waals surface area contributed by atoms with Gasteiger partial charge in [-0.1, -0.05) is 5.92 Å². The van der Waals surface area contributed by atoms with Crippen LogP contribution in [0.3, 0.4) is 0 Å². The number of carbonyl (C=O) groups excluding carboxylic acids is 2. The fourth-order valence-corrected chi connectivity index (χ4v) is 3.45. The van der Waals surface area contributed by atoms with Gasteiger partial charge in [-0.2, -0.15) is 5.26 Å². The second kappa shape index (κ2) is 6.67. The van der Waals surface area contributed by atoms with Crippen molar-refractivity contribution in [3.63, 3.8) is 0 Å². The minimum Gasteiger partial charge on any atom is -0.347 e. The first-order valence-corrected chi connectivity index (χ1v) is 8.99. The quantitative estimate of drug-likeness (QED) is 0.838. The first kappa shape index (κ1) is 16.5. The van der Waals surface area contributed by atoms with Gasteiger partial charge in [-0.25, -0.2) is 0 Å². The highest BCUT2D eigenvalue weighted by Gasteiger charge is 2.35. The molecule has 0 spiro atoms. The van der Waals surface area contributed by atoms with Crippen LogP contribution in [0.2, 0.25) is 0 Å². The first-order valence-electron chi connectivity index (χ1n) is 8.11. The number of thiophene rings is 1. The molecule has 124 valence electrons. The van der Waals surface area contributed by atoms with Crippen LogP contribution in [0, 0.1) is 28.6 Å². The van der Waals surface area contributed by atoms with E-state index in [9.17, 15) is 9.59 Å². The lowest BCUT2D eigenvalue weighted by molar-refractivity contribution is -0.126.